The maximum atomic E-state index is 11.5. The van der Waals surface area contributed by atoms with Crippen LogP contribution in [0.15, 0.2) is 28.7 Å². The molecule has 1 aromatic rings. The van der Waals surface area contributed by atoms with Gasteiger partial charge in [-0.1, -0.05) is 28.1 Å². The van der Waals surface area contributed by atoms with E-state index in [1.165, 1.54) is 0 Å². The first-order valence-electron chi connectivity index (χ1n) is 5.84. The minimum atomic E-state index is 0.0885. The van der Waals surface area contributed by atoms with Gasteiger partial charge in [-0.25, -0.2) is 0 Å². The Bertz CT molecular complexity index is 366. The minimum Gasteiger partial charge on any atom is -0.352 e. The molecule has 0 spiro atoms. The predicted octanol–water partition coefficient (Wildman–Crippen LogP) is 2.58. The van der Waals surface area contributed by atoms with E-state index in [1.54, 1.807) is 0 Å². The van der Waals surface area contributed by atoms with Gasteiger partial charge in [0.1, 0.15) is 0 Å². The van der Waals surface area contributed by atoms with Crippen LogP contribution in [0.1, 0.15) is 31.7 Å². The summed E-state index contributed by atoms with van der Waals surface area (Å²) in [5, 5.41) is 2.90. The van der Waals surface area contributed by atoms with Gasteiger partial charge < -0.3 is 11.1 Å². The quantitative estimate of drug-likeness (QED) is 0.848. The molecule has 0 aromatic heterocycles. The summed E-state index contributed by atoms with van der Waals surface area (Å²) in [6.45, 7) is 2.54. The van der Waals surface area contributed by atoms with Crippen LogP contribution in [0.3, 0.4) is 0 Å². The molecule has 0 radical (unpaired) electrons. The first-order chi connectivity index (χ1) is 8.08. The fourth-order valence-electron chi connectivity index (χ4n) is 1.52. The smallest absolute Gasteiger partial charge is 0.220 e. The molecule has 0 bridgehead atoms. The standard InChI is InChI=1S/C13H19BrN2O/c1-10(15)4-2-7-13(17)16-9-11-5-3-6-12(14)8-11/h3,5-6,8,10H,2,4,7,9,15H2,1H3,(H,16,17). The Balaban J connectivity index is 2.24. The second-order valence-corrected chi connectivity index (χ2v) is 5.19. The molecule has 0 saturated heterocycles. The fraction of sp³-hybridized carbons (Fsp3) is 0.462. The van der Waals surface area contributed by atoms with E-state index >= 15 is 0 Å². The second kappa shape index (κ2) is 7.45. The van der Waals surface area contributed by atoms with Gasteiger partial charge in [-0.05, 0) is 37.5 Å². The number of carbonyl (C=O) groups is 1. The van der Waals surface area contributed by atoms with Crippen molar-refractivity contribution in [1.82, 2.24) is 5.32 Å². The third-order valence-electron chi connectivity index (χ3n) is 2.44. The number of halogens is 1. The highest BCUT2D eigenvalue weighted by atomic mass is 79.9. The Kier molecular flexibility index (Phi) is 6.22. The first-order valence-corrected chi connectivity index (χ1v) is 6.64. The zero-order chi connectivity index (χ0) is 12.7. The Morgan fingerprint density at radius 3 is 2.94 bits per heavy atom. The highest BCUT2D eigenvalue weighted by molar-refractivity contribution is 9.10. The fourth-order valence-corrected chi connectivity index (χ4v) is 1.97. The zero-order valence-corrected chi connectivity index (χ0v) is 11.7. The van der Waals surface area contributed by atoms with Crippen molar-refractivity contribution in [3.63, 3.8) is 0 Å². The summed E-state index contributed by atoms with van der Waals surface area (Å²) in [6, 6.07) is 8.10. The molecule has 17 heavy (non-hydrogen) atoms. The highest BCUT2D eigenvalue weighted by Crippen LogP contribution is 2.11. The van der Waals surface area contributed by atoms with Crippen molar-refractivity contribution >= 4 is 21.8 Å². The number of carbonyl (C=O) groups excluding carboxylic acids is 1. The summed E-state index contributed by atoms with van der Waals surface area (Å²) in [7, 11) is 0. The summed E-state index contributed by atoms with van der Waals surface area (Å²) in [4.78, 5) is 11.5. The van der Waals surface area contributed by atoms with E-state index in [-0.39, 0.29) is 11.9 Å². The van der Waals surface area contributed by atoms with Crippen molar-refractivity contribution in [2.45, 2.75) is 38.8 Å². The van der Waals surface area contributed by atoms with E-state index in [0.29, 0.717) is 13.0 Å². The summed E-state index contributed by atoms with van der Waals surface area (Å²) in [6.07, 6.45) is 2.29. The Labute approximate surface area is 111 Å². The van der Waals surface area contributed by atoms with E-state index in [0.717, 1.165) is 22.9 Å². The summed E-state index contributed by atoms with van der Waals surface area (Å²) >= 11 is 3.40. The van der Waals surface area contributed by atoms with Crippen molar-refractivity contribution in [2.24, 2.45) is 5.73 Å². The Morgan fingerprint density at radius 1 is 1.53 bits per heavy atom. The van der Waals surface area contributed by atoms with Crippen LogP contribution in [0, 0.1) is 0 Å². The third-order valence-corrected chi connectivity index (χ3v) is 2.94. The molecule has 0 heterocycles. The monoisotopic (exact) mass is 298 g/mol. The molecular weight excluding hydrogens is 280 g/mol. The lowest BCUT2D eigenvalue weighted by atomic mass is 10.1. The molecule has 1 amide bonds. The van der Waals surface area contributed by atoms with E-state index in [1.807, 2.05) is 31.2 Å². The molecule has 0 aliphatic carbocycles. The van der Waals surface area contributed by atoms with Crippen molar-refractivity contribution in [3.05, 3.63) is 34.3 Å². The van der Waals surface area contributed by atoms with Gasteiger partial charge in [0, 0.05) is 23.5 Å². The van der Waals surface area contributed by atoms with Crippen molar-refractivity contribution in [1.29, 1.82) is 0 Å². The molecular formula is C13H19BrN2O. The number of hydrogen-bond donors (Lipinski definition) is 2. The molecule has 0 aliphatic heterocycles. The average Bonchev–Trinajstić information content (AvgIpc) is 2.26. The van der Waals surface area contributed by atoms with Crippen LogP contribution < -0.4 is 11.1 Å². The number of amides is 1. The van der Waals surface area contributed by atoms with E-state index in [4.69, 9.17) is 5.73 Å². The van der Waals surface area contributed by atoms with Crippen LogP contribution in [0.4, 0.5) is 0 Å². The van der Waals surface area contributed by atoms with Crippen LogP contribution >= 0.6 is 15.9 Å². The molecule has 1 atom stereocenters. The van der Waals surface area contributed by atoms with Gasteiger partial charge in [0.2, 0.25) is 5.91 Å². The van der Waals surface area contributed by atoms with Gasteiger partial charge in [0.15, 0.2) is 0 Å². The third kappa shape index (κ3) is 6.44. The van der Waals surface area contributed by atoms with Crippen molar-refractivity contribution < 1.29 is 4.79 Å². The van der Waals surface area contributed by atoms with Crippen LogP contribution in [0.25, 0.3) is 0 Å². The second-order valence-electron chi connectivity index (χ2n) is 4.28. The van der Waals surface area contributed by atoms with Gasteiger partial charge in [-0.3, -0.25) is 4.79 Å². The van der Waals surface area contributed by atoms with Gasteiger partial charge >= 0.3 is 0 Å². The van der Waals surface area contributed by atoms with E-state index in [2.05, 4.69) is 21.2 Å². The number of nitrogens with two attached hydrogens (primary N) is 1. The molecule has 1 rings (SSSR count). The number of nitrogens with one attached hydrogen (secondary N) is 1. The van der Waals surface area contributed by atoms with Crippen molar-refractivity contribution in [2.75, 3.05) is 0 Å². The largest absolute Gasteiger partial charge is 0.352 e. The molecule has 0 saturated carbocycles. The van der Waals surface area contributed by atoms with Crippen LogP contribution in [-0.4, -0.2) is 11.9 Å². The normalized spacial score (nSPS) is 12.2. The van der Waals surface area contributed by atoms with Gasteiger partial charge in [-0.2, -0.15) is 0 Å². The zero-order valence-electron chi connectivity index (χ0n) is 10.1. The maximum absolute atomic E-state index is 11.5. The summed E-state index contributed by atoms with van der Waals surface area (Å²) in [5.74, 6) is 0.0885. The lowest BCUT2D eigenvalue weighted by molar-refractivity contribution is -0.121. The van der Waals surface area contributed by atoms with Crippen LogP contribution in [0.2, 0.25) is 0 Å². The first kappa shape index (κ1) is 14.2. The topological polar surface area (TPSA) is 55.1 Å². The van der Waals surface area contributed by atoms with E-state index in [9.17, 15) is 4.79 Å². The lowest BCUT2D eigenvalue weighted by Crippen LogP contribution is -2.23. The van der Waals surface area contributed by atoms with Crippen LogP contribution in [-0.2, 0) is 11.3 Å². The average molecular weight is 299 g/mol. The number of hydrogen-bond acceptors (Lipinski definition) is 2. The Morgan fingerprint density at radius 2 is 2.29 bits per heavy atom. The van der Waals surface area contributed by atoms with Gasteiger partial charge in [0.05, 0.1) is 0 Å². The van der Waals surface area contributed by atoms with Gasteiger partial charge in [0.25, 0.3) is 0 Å². The molecule has 0 aliphatic rings. The number of rotatable bonds is 6. The molecule has 1 unspecified atom stereocenters. The van der Waals surface area contributed by atoms with E-state index < -0.39 is 0 Å². The summed E-state index contributed by atoms with van der Waals surface area (Å²) in [5.41, 5.74) is 6.72. The molecule has 0 fully saturated rings. The number of benzene rings is 1. The van der Waals surface area contributed by atoms with Crippen LogP contribution in [0.5, 0.6) is 0 Å². The molecule has 94 valence electrons. The highest BCUT2D eigenvalue weighted by Gasteiger charge is 2.02. The Hall–Kier alpha value is -0.870. The van der Waals surface area contributed by atoms with Gasteiger partial charge in [-0.15, -0.1) is 0 Å². The molecule has 3 nitrogen and oxygen atoms in total. The summed E-state index contributed by atoms with van der Waals surface area (Å²) < 4.78 is 1.03. The van der Waals surface area contributed by atoms with Crippen molar-refractivity contribution in [3.8, 4) is 0 Å². The molecule has 3 N–H and O–H groups in total. The predicted molar refractivity (Wildman–Crippen MR) is 73.5 cm³/mol. The molecule has 4 heteroatoms. The maximum Gasteiger partial charge on any atom is 0.220 e. The SMILES string of the molecule is CC(N)CCCC(=O)NCc1cccc(Br)c1. The lowest BCUT2D eigenvalue weighted by Gasteiger charge is -2.07. The molecule has 1 aromatic carbocycles. The minimum absolute atomic E-state index is 0.0885.